The van der Waals surface area contributed by atoms with Gasteiger partial charge in [-0.3, -0.25) is 4.57 Å². The average molecular weight is 587 g/mol. The van der Waals surface area contributed by atoms with Crippen molar-refractivity contribution in [3.8, 4) is 5.82 Å². The molecule has 0 aliphatic carbocycles. The van der Waals surface area contributed by atoms with Crippen LogP contribution < -0.4 is 20.2 Å². The Hall–Kier alpha value is -5.13. The summed E-state index contributed by atoms with van der Waals surface area (Å²) in [5.74, 6) is 0.963. The Morgan fingerprint density at radius 2 is 1.23 bits per heavy atom. The second-order valence-corrected chi connectivity index (χ2v) is 16.7. The molecule has 4 nitrogen and oxygen atoms in total. The first-order chi connectivity index (χ1) is 21.5. The number of anilines is 4. The van der Waals surface area contributed by atoms with Gasteiger partial charge in [0.05, 0.1) is 22.4 Å². The number of fused-ring (bicyclic) bond motifs is 4. The normalized spacial score (nSPS) is 13.2. The third-order valence-electron chi connectivity index (χ3n) is 9.22. The molecule has 1 aliphatic heterocycles. The summed E-state index contributed by atoms with van der Waals surface area (Å²) in [6.07, 6.45) is 1.91. The quantitative estimate of drug-likeness (QED) is 0.189. The molecule has 7 aromatic rings. The van der Waals surface area contributed by atoms with Crippen LogP contribution in [0.4, 0.5) is 22.7 Å². The fraction of sp³-hybridized carbons (Fsp3) is 0.103. The van der Waals surface area contributed by atoms with Crippen molar-refractivity contribution in [2.24, 2.45) is 0 Å². The Bertz CT molecular complexity index is 2170. The maximum Gasteiger partial charge on any atom is 0.137 e. The molecule has 5 heteroatoms. The summed E-state index contributed by atoms with van der Waals surface area (Å²) in [5, 5.41) is 5.35. The number of rotatable bonds is 5. The van der Waals surface area contributed by atoms with E-state index >= 15 is 0 Å². The molecular formula is C39H34N4Si. The molecule has 0 saturated carbocycles. The molecule has 0 atom stereocenters. The number of hydrogen-bond acceptors (Lipinski definition) is 3. The van der Waals surface area contributed by atoms with Crippen LogP contribution in [-0.4, -0.2) is 24.3 Å². The molecule has 214 valence electrons. The molecule has 8 rings (SSSR count). The Kier molecular flexibility index (Phi) is 6.17. The van der Waals surface area contributed by atoms with Crippen molar-refractivity contribution in [3.05, 3.63) is 145 Å². The highest BCUT2D eigenvalue weighted by Gasteiger charge is 2.31. The lowest BCUT2D eigenvalue weighted by Crippen LogP contribution is -2.53. The zero-order chi connectivity index (χ0) is 29.8. The third kappa shape index (κ3) is 4.23. The van der Waals surface area contributed by atoms with Gasteiger partial charge in [0.25, 0.3) is 0 Å². The van der Waals surface area contributed by atoms with Crippen LogP contribution in [0.1, 0.15) is 5.56 Å². The molecule has 0 N–H and O–H groups in total. The number of aryl methyl sites for hydroxylation is 1. The summed E-state index contributed by atoms with van der Waals surface area (Å²) in [7, 11) is -2.09. The van der Waals surface area contributed by atoms with Crippen molar-refractivity contribution < 1.29 is 0 Å². The molecule has 0 radical (unpaired) electrons. The number of pyridine rings is 1. The first-order valence-corrected chi connectivity index (χ1v) is 18.3. The van der Waals surface area contributed by atoms with E-state index in [1.165, 1.54) is 60.5 Å². The maximum absolute atomic E-state index is 4.80. The second-order valence-electron chi connectivity index (χ2n) is 12.3. The summed E-state index contributed by atoms with van der Waals surface area (Å²) < 4.78 is 2.33. The van der Waals surface area contributed by atoms with Crippen LogP contribution in [0.5, 0.6) is 0 Å². The van der Waals surface area contributed by atoms with E-state index in [2.05, 4.69) is 168 Å². The van der Waals surface area contributed by atoms with Gasteiger partial charge in [0.2, 0.25) is 0 Å². The van der Waals surface area contributed by atoms with Crippen LogP contribution in [0.2, 0.25) is 13.1 Å². The largest absolute Gasteiger partial charge is 0.321 e. The number of aromatic nitrogens is 2. The number of hydrogen-bond donors (Lipinski definition) is 0. The van der Waals surface area contributed by atoms with Crippen molar-refractivity contribution in [1.82, 2.24) is 9.55 Å². The van der Waals surface area contributed by atoms with Crippen LogP contribution in [0.15, 0.2) is 140 Å². The van der Waals surface area contributed by atoms with Crippen molar-refractivity contribution in [2.75, 3.05) is 16.5 Å². The van der Waals surface area contributed by atoms with Crippen LogP contribution in [0.25, 0.3) is 27.6 Å². The van der Waals surface area contributed by atoms with Gasteiger partial charge in [-0.25, -0.2) is 4.98 Å². The van der Waals surface area contributed by atoms with E-state index < -0.39 is 8.07 Å². The first kappa shape index (κ1) is 26.5. The van der Waals surface area contributed by atoms with Gasteiger partial charge < -0.3 is 9.80 Å². The number of nitrogens with zero attached hydrogens (tertiary/aromatic N) is 4. The van der Waals surface area contributed by atoms with E-state index in [0.29, 0.717) is 0 Å². The fourth-order valence-electron chi connectivity index (χ4n) is 6.74. The fourth-order valence-corrected chi connectivity index (χ4v) is 9.09. The highest BCUT2D eigenvalue weighted by atomic mass is 28.3. The van der Waals surface area contributed by atoms with E-state index in [1.807, 2.05) is 6.20 Å². The Morgan fingerprint density at radius 1 is 0.568 bits per heavy atom. The van der Waals surface area contributed by atoms with Gasteiger partial charge in [0, 0.05) is 28.3 Å². The lowest BCUT2D eigenvalue weighted by molar-refractivity contribution is 0.991. The third-order valence-corrected chi connectivity index (χ3v) is 12.7. The lowest BCUT2D eigenvalue weighted by atomic mass is 10.1. The standard InChI is InChI=1S/C39H34N4Si/c1-28-22-23-40-39(24-28)43-35-17-8-7-16-33(35)34-21-20-32(26-38(34)43)44(2,3)31-15-11-14-30(25-31)42-27-41(29-12-5-4-6-13-29)36-18-9-10-19-37(36)42/h4-26H,27H2,1-3H3. The van der Waals surface area contributed by atoms with Gasteiger partial charge in [-0.1, -0.05) is 96.3 Å². The molecule has 0 saturated heterocycles. The van der Waals surface area contributed by atoms with Gasteiger partial charge in [-0.15, -0.1) is 0 Å². The predicted octanol–water partition coefficient (Wildman–Crippen LogP) is 8.56. The van der Waals surface area contributed by atoms with Crippen LogP contribution >= 0.6 is 0 Å². The van der Waals surface area contributed by atoms with Crippen molar-refractivity contribution in [2.45, 2.75) is 20.0 Å². The highest BCUT2D eigenvalue weighted by Crippen LogP contribution is 2.43. The van der Waals surface area contributed by atoms with E-state index in [4.69, 9.17) is 4.98 Å². The second kappa shape index (κ2) is 10.2. The minimum Gasteiger partial charge on any atom is -0.321 e. The zero-order valence-electron chi connectivity index (χ0n) is 25.3. The Morgan fingerprint density at radius 3 is 2.02 bits per heavy atom. The van der Waals surface area contributed by atoms with E-state index in [0.717, 1.165) is 12.5 Å². The van der Waals surface area contributed by atoms with Gasteiger partial charge in [-0.05, 0) is 73.2 Å². The summed E-state index contributed by atoms with van der Waals surface area (Å²) in [6.45, 7) is 7.86. The molecule has 0 unspecified atom stereocenters. The topological polar surface area (TPSA) is 24.3 Å². The van der Waals surface area contributed by atoms with Gasteiger partial charge in [0.1, 0.15) is 20.6 Å². The van der Waals surface area contributed by atoms with E-state index in [-0.39, 0.29) is 0 Å². The molecule has 0 fully saturated rings. The smallest absolute Gasteiger partial charge is 0.137 e. The minimum absolute atomic E-state index is 0.782. The highest BCUT2D eigenvalue weighted by molar-refractivity contribution is 7.00. The summed E-state index contributed by atoms with van der Waals surface area (Å²) >= 11 is 0. The molecule has 0 spiro atoms. The van der Waals surface area contributed by atoms with E-state index in [9.17, 15) is 0 Å². The van der Waals surface area contributed by atoms with Gasteiger partial charge in [-0.2, -0.15) is 0 Å². The van der Waals surface area contributed by atoms with Crippen LogP contribution in [-0.2, 0) is 0 Å². The van der Waals surface area contributed by atoms with Crippen molar-refractivity contribution in [3.63, 3.8) is 0 Å². The van der Waals surface area contributed by atoms with Crippen LogP contribution in [0.3, 0.4) is 0 Å². The molecule has 44 heavy (non-hydrogen) atoms. The molecule has 2 aromatic heterocycles. The lowest BCUT2D eigenvalue weighted by Gasteiger charge is -2.27. The summed E-state index contributed by atoms with van der Waals surface area (Å²) in [6, 6.07) is 48.7. The maximum atomic E-state index is 4.80. The van der Waals surface area contributed by atoms with Gasteiger partial charge in [0.15, 0.2) is 0 Å². The first-order valence-electron chi connectivity index (χ1n) is 15.3. The average Bonchev–Trinajstić information content (AvgIpc) is 3.61. The Balaban J connectivity index is 1.22. The van der Waals surface area contributed by atoms with Crippen LogP contribution in [0, 0.1) is 6.92 Å². The molecular weight excluding hydrogens is 553 g/mol. The number of benzene rings is 5. The van der Waals surface area contributed by atoms with E-state index in [1.54, 1.807) is 0 Å². The number of para-hydroxylation sites is 4. The molecule has 0 bridgehead atoms. The zero-order valence-corrected chi connectivity index (χ0v) is 26.3. The molecule has 1 aliphatic rings. The molecule has 3 heterocycles. The van der Waals surface area contributed by atoms with Crippen molar-refractivity contribution >= 4 is 63.0 Å². The van der Waals surface area contributed by atoms with Crippen molar-refractivity contribution in [1.29, 1.82) is 0 Å². The Labute approximate surface area is 259 Å². The minimum atomic E-state index is -2.09. The summed E-state index contributed by atoms with van der Waals surface area (Å²) in [5.41, 5.74) is 8.53. The van der Waals surface area contributed by atoms with Gasteiger partial charge >= 0.3 is 0 Å². The monoisotopic (exact) mass is 586 g/mol. The molecule has 0 amide bonds. The molecule has 5 aromatic carbocycles. The summed E-state index contributed by atoms with van der Waals surface area (Å²) in [4.78, 5) is 9.64. The predicted molar refractivity (Wildman–Crippen MR) is 189 cm³/mol. The SMILES string of the molecule is Cc1ccnc(-n2c3ccccc3c3ccc([Si](C)(C)c4cccc(N5CN(c6ccccc6)c6ccccc65)c4)cc32)c1.